The number of hydrogen-bond donors (Lipinski definition) is 6. The Morgan fingerprint density at radius 3 is 1.07 bits per heavy atom. The second kappa shape index (κ2) is 12.8. The van der Waals surface area contributed by atoms with Gasteiger partial charge in [0.05, 0.1) is 19.6 Å². The molecule has 6 N–H and O–H groups in total. The molecule has 9 rings (SSSR count). The molecule has 7 aromatic rings. The number of fused-ring (bicyclic) bond motifs is 20. The Balaban J connectivity index is 0.00000455. The first-order chi connectivity index (χ1) is 26.2. The van der Waals surface area contributed by atoms with E-state index in [9.17, 15) is 51.9 Å². The van der Waals surface area contributed by atoms with Crippen molar-refractivity contribution in [2.24, 2.45) is 0 Å². The van der Waals surface area contributed by atoms with Gasteiger partial charge in [-0.3, -0.25) is 18.2 Å². The summed E-state index contributed by atoms with van der Waals surface area (Å²) < 4.78 is 137. The number of nitrogens with zero attached hydrogens (tertiary/aromatic N) is 6. The molecule has 0 radical (unpaired) electrons. The largest absolute Gasteiger partial charge is 2.00 e. The molecule has 0 amide bonds. The second-order valence-electron chi connectivity index (χ2n) is 12.3. The Hall–Kier alpha value is -5.50. The molecule has 0 spiro atoms. The predicted octanol–water partition coefficient (Wildman–Crippen LogP) is 3.85. The Kier molecular flexibility index (Phi) is 8.59. The van der Waals surface area contributed by atoms with Crippen molar-refractivity contribution in [2.45, 2.75) is 19.6 Å². The zero-order valence-electron chi connectivity index (χ0n) is 28.0. The molecule has 2 aliphatic heterocycles. The number of hydrogen-bond acceptors (Lipinski definition) is 14. The third kappa shape index (κ3) is 6.57. The molecule has 282 valence electrons. The average molecular weight is 900 g/mol. The molecule has 4 aromatic carbocycles. The first kappa shape index (κ1) is 38.4. The smallest absolute Gasteiger partial charge is 0.324 e. The summed E-state index contributed by atoms with van der Waals surface area (Å²) >= 11 is 0. The molecular formula is C32H18N8O12S4Zn+2. The van der Waals surface area contributed by atoms with Crippen LogP contribution in [-0.4, -0.2) is 91.8 Å². The molecule has 0 atom stereocenters. The number of aromatic amines is 2. The van der Waals surface area contributed by atoms with Gasteiger partial charge in [0.15, 0.2) is 23.3 Å². The summed E-state index contributed by atoms with van der Waals surface area (Å²) in [5.41, 5.74) is 0.424. The molecular weight excluding hydrogens is 882 g/mol. The van der Waals surface area contributed by atoms with Gasteiger partial charge in [0.25, 0.3) is 40.5 Å². The van der Waals surface area contributed by atoms with Crippen molar-refractivity contribution < 1.29 is 71.4 Å². The number of aromatic nitrogens is 8. The van der Waals surface area contributed by atoms with Crippen LogP contribution >= 0.6 is 0 Å². The maximum absolute atomic E-state index is 12.2. The van der Waals surface area contributed by atoms with E-state index in [1.165, 1.54) is 24.3 Å². The van der Waals surface area contributed by atoms with Crippen LogP contribution in [0.4, 0.5) is 0 Å². The normalized spacial score (nSPS) is 13.0. The maximum Gasteiger partial charge on any atom is 2.00 e. The molecule has 0 aliphatic carbocycles. The van der Waals surface area contributed by atoms with Gasteiger partial charge in [-0.15, -0.1) is 0 Å². The van der Waals surface area contributed by atoms with Crippen molar-refractivity contribution in [3.8, 4) is 45.6 Å². The van der Waals surface area contributed by atoms with E-state index in [2.05, 4.69) is 39.9 Å². The molecule has 5 heterocycles. The van der Waals surface area contributed by atoms with Gasteiger partial charge in [0.1, 0.15) is 22.6 Å². The van der Waals surface area contributed by atoms with Gasteiger partial charge in [0, 0.05) is 43.8 Å². The Labute approximate surface area is 331 Å². The molecule has 8 bridgehead atoms. The van der Waals surface area contributed by atoms with E-state index in [0.717, 1.165) is 48.5 Å². The minimum absolute atomic E-state index is 0. The fourth-order valence-corrected chi connectivity index (χ4v) is 8.38. The number of nitrogens with one attached hydrogen (secondary N) is 2. The summed E-state index contributed by atoms with van der Waals surface area (Å²) in [5.74, 6) is -0.546. The van der Waals surface area contributed by atoms with Crippen molar-refractivity contribution in [3.05, 3.63) is 72.8 Å². The van der Waals surface area contributed by atoms with Crippen molar-refractivity contribution in [1.82, 2.24) is 39.9 Å². The summed E-state index contributed by atoms with van der Waals surface area (Å²) in [6.45, 7) is 0. The molecule has 20 nitrogen and oxygen atoms in total. The van der Waals surface area contributed by atoms with Crippen molar-refractivity contribution in [1.29, 1.82) is 0 Å². The minimum Gasteiger partial charge on any atom is -0.324 e. The summed E-state index contributed by atoms with van der Waals surface area (Å²) in [7, 11) is -18.9. The third-order valence-corrected chi connectivity index (χ3v) is 12.3. The van der Waals surface area contributed by atoms with Gasteiger partial charge in [-0.25, -0.2) is 29.9 Å². The number of benzene rings is 4. The van der Waals surface area contributed by atoms with Crippen LogP contribution in [0.1, 0.15) is 0 Å². The summed E-state index contributed by atoms with van der Waals surface area (Å²) in [4.78, 5) is 31.4. The summed E-state index contributed by atoms with van der Waals surface area (Å²) in [6, 6.07) is 14.0. The van der Waals surface area contributed by atoms with Crippen molar-refractivity contribution >= 4 is 84.6 Å². The molecule has 57 heavy (non-hydrogen) atoms. The monoisotopic (exact) mass is 898 g/mol. The quantitative estimate of drug-likeness (QED) is 0.108. The zero-order chi connectivity index (χ0) is 39.7. The Morgan fingerprint density at radius 1 is 0.351 bits per heavy atom. The predicted molar refractivity (Wildman–Crippen MR) is 195 cm³/mol. The molecule has 2 aliphatic rings. The number of H-pyrrole nitrogens is 2. The van der Waals surface area contributed by atoms with Crippen LogP contribution in [0, 0.1) is 0 Å². The van der Waals surface area contributed by atoms with Crippen LogP contribution in [-0.2, 0) is 60.0 Å². The standard InChI is InChI=1S/C32H18N8O12S4.Zn/c41-53(42,43)13-1-5-17-21(9-13)29-33-25(17)37-30-22-10-14(54(44,45)46)2-6-18(22)27(34-30)39-32-24-12-16(56(50,51)52)4-8-20(24)28(36-32)40-31-23-11-15(55(47,48)49)3-7-19(23)26(35-31)38-29;/h1-12H,(H,41,42,43)(H,44,45,46)(H,47,48,49)(H,50,51,52)(H2,33,34,35,36,37,38,39,40);/q;+2. The van der Waals surface area contributed by atoms with E-state index in [4.69, 9.17) is 0 Å². The second-order valence-corrected chi connectivity index (χ2v) is 18.0. The molecule has 25 heteroatoms. The van der Waals surface area contributed by atoms with E-state index in [0.29, 0.717) is 0 Å². The Bertz CT molecular complexity index is 3620. The van der Waals surface area contributed by atoms with E-state index in [1.54, 1.807) is 0 Å². The first-order valence-corrected chi connectivity index (χ1v) is 21.3. The van der Waals surface area contributed by atoms with Gasteiger partial charge >= 0.3 is 19.5 Å². The van der Waals surface area contributed by atoms with Crippen LogP contribution in [0.15, 0.2) is 92.4 Å². The van der Waals surface area contributed by atoms with Gasteiger partial charge in [-0.2, -0.15) is 33.7 Å². The Morgan fingerprint density at radius 2 is 0.649 bits per heavy atom. The van der Waals surface area contributed by atoms with Crippen molar-refractivity contribution in [3.63, 3.8) is 0 Å². The van der Waals surface area contributed by atoms with Gasteiger partial charge in [-0.05, 0) is 72.8 Å². The first-order valence-electron chi connectivity index (χ1n) is 15.5. The van der Waals surface area contributed by atoms with E-state index in [-0.39, 0.29) is 109 Å². The topological polar surface area (TPSA) is 326 Å². The van der Waals surface area contributed by atoms with Crippen LogP contribution in [0.3, 0.4) is 0 Å². The molecule has 3 aromatic heterocycles. The molecule has 0 fully saturated rings. The van der Waals surface area contributed by atoms with E-state index < -0.39 is 60.1 Å². The molecule has 0 unspecified atom stereocenters. The summed E-state index contributed by atoms with van der Waals surface area (Å²) in [6.07, 6.45) is 0. The third-order valence-electron chi connectivity index (χ3n) is 8.91. The van der Waals surface area contributed by atoms with Crippen LogP contribution in [0.2, 0.25) is 0 Å². The molecule has 0 saturated heterocycles. The van der Waals surface area contributed by atoms with Crippen LogP contribution in [0.5, 0.6) is 0 Å². The van der Waals surface area contributed by atoms with Gasteiger partial charge in [-0.1, -0.05) is 0 Å². The SMILES string of the molecule is O=S(=O)(O)c1ccc2c(c1)-c1nc3nc(nc4[nH]c(nc5[nH]c(nc-2n1)c1cc(S(=O)(=O)O)ccc51)c1cc(S(=O)(=O)O)ccc41)-c1cc(S(=O)(=O)O)ccc1-3.[Zn+2]. The average Bonchev–Trinajstić information content (AvgIpc) is 3.84. The van der Waals surface area contributed by atoms with E-state index in [1.807, 2.05) is 0 Å². The van der Waals surface area contributed by atoms with Crippen LogP contribution in [0.25, 0.3) is 89.7 Å². The summed E-state index contributed by atoms with van der Waals surface area (Å²) in [5, 5.41) is 0.698. The van der Waals surface area contributed by atoms with Crippen molar-refractivity contribution in [2.75, 3.05) is 0 Å². The zero-order valence-corrected chi connectivity index (χ0v) is 34.2. The van der Waals surface area contributed by atoms with Crippen LogP contribution < -0.4 is 0 Å². The van der Waals surface area contributed by atoms with E-state index >= 15 is 0 Å². The molecule has 0 saturated carbocycles. The fraction of sp³-hybridized carbons (Fsp3) is 0. The maximum atomic E-state index is 12.2. The van der Waals surface area contributed by atoms with Gasteiger partial charge < -0.3 is 9.97 Å². The fourth-order valence-electron chi connectivity index (χ4n) is 6.35. The number of rotatable bonds is 4. The van der Waals surface area contributed by atoms with Gasteiger partial charge in [0.2, 0.25) is 0 Å². The minimum atomic E-state index is -4.74.